The van der Waals surface area contributed by atoms with Crippen molar-refractivity contribution < 1.29 is 9.66 Å². The number of benzene rings is 1. The first-order valence-electron chi connectivity index (χ1n) is 6.62. The molecule has 2 rings (SSSR count). The predicted molar refractivity (Wildman–Crippen MR) is 78.7 cm³/mol. The molecule has 0 unspecified atom stereocenters. The van der Waals surface area contributed by atoms with Crippen LogP contribution in [0.3, 0.4) is 0 Å². The molecule has 1 aromatic heterocycles. The van der Waals surface area contributed by atoms with Gasteiger partial charge < -0.3 is 10.1 Å². The van der Waals surface area contributed by atoms with E-state index in [9.17, 15) is 10.1 Å². The third-order valence-electron chi connectivity index (χ3n) is 2.96. The molecule has 7 nitrogen and oxygen atoms in total. The number of non-ortho nitro benzene ring substituents is 1. The maximum atomic E-state index is 10.9. The Kier molecular flexibility index (Phi) is 4.54. The summed E-state index contributed by atoms with van der Waals surface area (Å²) < 4.78 is 6.83. The smallest absolute Gasteiger partial charge is 0.271 e. The van der Waals surface area contributed by atoms with Crippen molar-refractivity contribution in [3.63, 3.8) is 0 Å². The quantitative estimate of drug-likeness (QED) is 0.652. The van der Waals surface area contributed by atoms with Gasteiger partial charge in [-0.1, -0.05) is 13.8 Å². The zero-order valence-corrected chi connectivity index (χ0v) is 12.2. The normalized spacial score (nSPS) is 10.9. The van der Waals surface area contributed by atoms with Gasteiger partial charge in [0.15, 0.2) is 0 Å². The summed E-state index contributed by atoms with van der Waals surface area (Å²) >= 11 is 0. The summed E-state index contributed by atoms with van der Waals surface area (Å²) in [5, 5.41) is 18.6. The fourth-order valence-electron chi connectivity index (χ4n) is 1.87. The number of nitrogens with one attached hydrogen (secondary N) is 1. The van der Waals surface area contributed by atoms with E-state index >= 15 is 0 Å². The molecular formula is C14H18N4O3. The van der Waals surface area contributed by atoms with E-state index in [-0.39, 0.29) is 5.69 Å². The van der Waals surface area contributed by atoms with Crippen LogP contribution in [-0.2, 0) is 6.54 Å². The largest absolute Gasteiger partial charge is 0.494 e. The highest BCUT2D eigenvalue weighted by atomic mass is 16.6. The van der Waals surface area contributed by atoms with Gasteiger partial charge in [-0.15, -0.1) is 0 Å². The van der Waals surface area contributed by atoms with Crippen LogP contribution < -0.4 is 10.1 Å². The monoisotopic (exact) mass is 290 g/mol. The number of nitro groups is 1. The molecule has 21 heavy (non-hydrogen) atoms. The third kappa shape index (κ3) is 3.57. The summed E-state index contributed by atoms with van der Waals surface area (Å²) in [6.45, 7) is 4.75. The molecule has 1 aromatic carbocycles. The molecule has 0 saturated carbocycles. The SMILES string of the molecule is COc1ccc([N+](=O)[O-])cc1-n1ccc(CNC(C)C)n1. The van der Waals surface area contributed by atoms with E-state index < -0.39 is 4.92 Å². The van der Waals surface area contributed by atoms with Crippen molar-refractivity contribution in [1.29, 1.82) is 0 Å². The number of methoxy groups -OCH3 is 1. The zero-order valence-electron chi connectivity index (χ0n) is 12.2. The summed E-state index contributed by atoms with van der Waals surface area (Å²) in [6.07, 6.45) is 1.76. The van der Waals surface area contributed by atoms with Crippen LogP contribution in [0, 0.1) is 10.1 Å². The van der Waals surface area contributed by atoms with E-state index in [1.807, 2.05) is 6.07 Å². The minimum absolute atomic E-state index is 0.00292. The van der Waals surface area contributed by atoms with Crippen molar-refractivity contribution in [1.82, 2.24) is 15.1 Å². The molecular weight excluding hydrogens is 272 g/mol. The van der Waals surface area contributed by atoms with Gasteiger partial charge in [-0.2, -0.15) is 5.10 Å². The number of ether oxygens (including phenoxy) is 1. The van der Waals surface area contributed by atoms with Gasteiger partial charge in [-0.3, -0.25) is 10.1 Å². The van der Waals surface area contributed by atoms with E-state index in [0.29, 0.717) is 24.0 Å². The molecule has 1 N–H and O–H groups in total. The molecule has 1 heterocycles. The first-order chi connectivity index (χ1) is 10.0. The van der Waals surface area contributed by atoms with Gasteiger partial charge in [-0.25, -0.2) is 4.68 Å². The van der Waals surface area contributed by atoms with Crippen molar-refractivity contribution in [3.05, 3.63) is 46.3 Å². The molecule has 112 valence electrons. The summed E-state index contributed by atoms with van der Waals surface area (Å²) in [5.74, 6) is 0.534. The van der Waals surface area contributed by atoms with E-state index in [0.717, 1.165) is 5.69 Å². The Balaban J connectivity index is 2.32. The van der Waals surface area contributed by atoms with Crippen molar-refractivity contribution in [3.8, 4) is 11.4 Å². The topological polar surface area (TPSA) is 82.2 Å². The summed E-state index contributed by atoms with van der Waals surface area (Å²) in [4.78, 5) is 10.5. The number of hydrogen-bond donors (Lipinski definition) is 1. The average molecular weight is 290 g/mol. The Morgan fingerprint density at radius 1 is 1.43 bits per heavy atom. The third-order valence-corrected chi connectivity index (χ3v) is 2.96. The van der Waals surface area contributed by atoms with Crippen molar-refractivity contribution in [2.75, 3.05) is 7.11 Å². The molecule has 0 radical (unpaired) electrons. The van der Waals surface area contributed by atoms with Crippen LogP contribution >= 0.6 is 0 Å². The van der Waals surface area contributed by atoms with Crippen LogP contribution in [0.4, 0.5) is 5.69 Å². The number of nitrogens with zero attached hydrogens (tertiary/aromatic N) is 3. The Labute approximate surface area is 122 Å². The number of hydrogen-bond acceptors (Lipinski definition) is 5. The van der Waals surface area contributed by atoms with E-state index in [2.05, 4.69) is 24.3 Å². The van der Waals surface area contributed by atoms with E-state index in [1.165, 1.54) is 19.2 Å². The highest BCUT2D eigenvalue weighted by Gasteiger charge is 2.14. The standard InChI is InChI=1S/C14H18N4O3/c1-10(2)15-9-11-6-7-17(16-11)13-8-12(18(19)20)4-5-14(13)21-3/h4-8,10,15H,9H2,1-3H3. The lowest BCUT2D eigenvalue weighted by Crippen LogP contribution is -2.22. The lowest BCUT2D eigenvalue weighted by Gasteiger charge is -2.08. The molecule has 2 aromatic rings. The number of rotatable bonds is 6. The second-order valence-corrected chi connectivity index (χ2v) is 4.90. The first-order valence-corrected chi connectivity index (χ1v) is 6.62. The highest BCUT2D eigenvalue weighted by molar-refractivity contribution is 5.53. The molecule has 0 aliphatic heterocycles. The first kappa shape index (κ1) is 15.0. The van der Waals surface area contributed by atoms with E-state index in [1.54, 1.807) is 16.9 Å². The van der Waals surface area contributed by atoms with Gasteiger partial charge in [0.05, 0.1) is 17.7 Å². The van der Waals surface area contributed by atoms with Gasteiger partial charge in [0.2, 0.25) is 0 Å². The van der Waals surface area contributed by atoms with Crippen LogP contribution in [0.25, 0.3) is 5.69 Å². The second-order valence-electron chi connectivity index (χ2n) is 4.90. The summed E-state index contributed by atoms with van der Waals surface area (Å²) in [5.41, 5.74) is 1.41. The van der Waals surface area contributed by atoms with Crippen LogP contribution in [0.5, 0.6) is 5.75 Å². The molecule has 0 bridgehead atoms. The molecule has 0 saturated heterocycles. The molecule has 0 aliphatic rings. The number of aromatic nitrogens is 2. The molecule has 0 spiro atoms. The molecule has 0 atom stereocenters. The maximum absolute atomic E-state index is 10.9. The van der Waals surface area contributed by atoms with Crippen LogP contribution in [0.15, 0.2) is 30.5 Å². The Morgan fingerprint density at radius 2 is 2.19 bits per heavy atom. The van der Waals surface area contributed by atoms with Crippen LogP contribution in [0.1, 0.15) is 19.5 Å². The van der Waals surface area contributed by atoms with Gasteiger partial charge in [0, 0.05) is 30.9 Å². The fraction of sp³-hybridized carbons (Fsp3) is 0.357. The molecule has 7 heteroatoms. The predicted octanol–water partition coefficient (Wildman–Crippen LogP) is 2.29. The fourth-order valence-corrected chi connectivity index (χ4v) is 1.87. The zero-order chi connectivity index (χ0) is 15.4. The molecule has 0 fully saturated rings. The van der Waals surface area contributed by atoms with E-state index in [4.69, 9.17) is 4.74 Å². The van der Waals surface area contributed by atoms with Crippen LogP contribution in [-0.4, -0.2) is 27.9 Å². The minimum atomic E-state index is -0.437. The minimum Gasteiger partial charge on any atom is -0.494 e. The van der Waals surface area contributed by atoms with Crippen molar-refractivity contribution >= 4 is 5.69 Å². The number of nitro benzene ring substituents is 1. The Bertz CT molecular complexity index is 637. The average Bonchev–Trinajstić information content (AvgIpc) is 2.93. The summed E-state index contributed by atoms with van der Waals surface area (Å²) in [6, 6.07) is 6.66. The lowest BCUT2D eigenvalue weighted by atomic mass is 10.2. The van der Waals surface area contributed by atoms with Crippen molar-refractivity contribution in [2.45, 2.75) is 26.4 Å². The lowest BCUT2D eigenvalue weighted by molar-refractivity contribution is -0.384. The molecule has 0 amide bonds. The summed E-state index contributed by atoms with van der Waals surface area (Å²) in [7, 11) is 1.52. The van der Waals surface area contributed by atoms with Crippen molar-refractivity contribution in [2.24, 2.45) is 0 Å². The molecule has 0 aliphatic carbocycles. The van der Waals surface area contributed by atoms with Gasteiger partial charge >= 0.3 is 0 Å². The van der Waals surface area contributed by atoms with Gasteiger partial charge in [0.1, 0.15) is 11.4 Å². The van der Waals surface area contributed by atoms with Gasteiger partial charge in [0.25, 0.3) is 5.69 Å². The Morgan fingerprint density at radius 3 is 2.81 bits per heavy atom. The maximum Gasteiger partial charge on any atom is 0.271 e. The Hall–Kier alpha value is -2.41. The van der Waals surface area contributed by atoms with Crippen LogP contribution in [0.2, 0.25) is 0 Å². The highest BCUT2D eigenvalue weighted by Crippen LogP contribution is 2.27. The van der Waals surface area contributed by atoms with Gasteiger partial charge in [-0.05, 0) is 12.1 Å². The second kappa shape index (κ2) is 6.36.